The topological polar surface area (TPSA) is 36.1 Å². The van der Waals surface area contributed by atoms with Crippen molar-refractivity contribution >= 4 is 22.5 Å². The van der Waals surface area contributed by atoms with Crippen molar-refractivity contribution in [2.45, 2.75) is 6.42 Å². The van der Waals surface area contributed by atoms with Crippen molar-refractivity contribution in [1.29, 1.82) is 0 Å². The number of nitrogens with zero attached hydrogens (tertiary/aromatic N) is 1. The van der Waals surface area contributed by atoms with Gasteiger partial charge >= 0.3 is 0 Å². The van der Waals surface area contributed by atoms with E-state index < -0.39 is 0 Å². The summed E-state index contributed by atoms with van der Waals surface area (Å²) in [5.41, 5.74) is 5.31. The smallest absolute Gasteiger partial charge is 0.231 e. The summed E-state index contributed by atoms with van der Waals surface area (Å²) in [6, 6.07) is 16.2. The molecule has 1 amide bonds. The van der Waals surface area contributed by atoms with Crippen LogP contribution in [0.3, 0.4) is 0 Å². The van der Waals surface area contributed by atoms with Gasteiger partial charge in [0.1, 0.15) is 0 Å². The van der Waals surface area contributed by atoms with Gasteiger partial charge in [0.05, 0.1) is 17.8 Å². The molecular weight excluding hydrogens is 248 g/mol. The Balaban J connectivity index is 2.12. The number of nitrogens with one attached hydrogen (secondary N) is 1. The fourth-order valence-corrected chi connectivity index (χ4v) is 3.00. The largest absolute Gasteiger partial charge is 0.354 e. The van der Waals surface area contributed by atoms with E-state index >= 15 is 0 Å². The van der Waals surface area contributed by atoms with E-state index in [-0.39, 0.29) is 5.91 Å². The maximum absolute atomic E-state index is 12.4. The van der Waals surface area contributed by atoms with Crippen LogP contribution in [0.25, 0.3) is 22.2 Å². The number of carbonyl (C=O) groups excluding carboxylic acids is 1. The van der Waals surface area contributed by atoms with Gasteiger partial charge in [-0.3, -0.25) is 4.79 Å². The second-order valence-corrected chi connectivity index (χ2v) is 5.17. The average Bonchev–Trinajstić information content (AvgIpc) is 2.80. The van der Waals surface area contributed by atoms with Crippen LogP contribution in [0.2, 0.25) is 0 Å². The Morgan fingerprint density at radius 2 is 1.80 bits per heavy atom. The van der Waals surface area contributed by atoms with Crippen LogP contribution in [0.1, 0.15) is 5.56 Å². The molecule has 2 heterocycles. The Morgan fingerprint density at radius 1 is 1.05 bits per heavy atom. The van der Waals surface area contributed by atoms with Gasteiger partial charge in [-0.25, -0.2) is 0 Å². The van der Waals surface area contributed by atoms with Crippen LogP contribution in [0, 0.1) is 0 Å². The lowest BCUT2D eigenvalue weighted by atomic mass is 10.0. The predicted octanol–water partition coefficient (Wildman–Crippen LogP) is 3.35. The lowest BCUT2D eigenvalue weighted by molar-refractivity contribution is -0.117. The first kappa shape index (κ1) is 11.3. The lowest BCUT2D eigenvalue weighted by Crippen LogP contribution is -2.26. The Labute approximate surface area is 116 Å². The molecule has 2 aromatic carbocycles. The summed E-state index contributed by atoms with van der Waals surface area (Å²) >= 11 is 0. The van der Waals surface area contributed by atoms with E-state index in [2.05, 4.69) is 23.2 Å². The second kappa shape index (κ2) is 3.97. The number of likely N-dealkylation sites (N-methyl/N-ethyl adjacent to an activating group) is 1. The molecular formula is C17H14N2O. The summed E-state index contributed by atoms with van der Waals surface area (Å²) in [6.45, 7) is 0. The SMILES string of the molecule is CN1C(=O)Cc2c([nH]c3ccccc23)-c2ccccc21. The van der Waals surface area contributed by atoms with Crippen LogP contribution in [-0.2, 0) is 11.2 Å². The molecule has 0 saturated heterocycles. The minimum atomic E-state index is 0.126. The fourth-order valence-electron chi connectivity index (χ4n) is 3.00. The van der Waals surface area contributed by atoms with E-state index in [4.69, 9.17) is 0 Å². The van der Waals surface area contributed by atoms with Gasteiger partial charge < -0.3 is 9.88 Å². The first-order valence-corrected chi connectivity index (χ1v) is 6.71. The zero-order valence-corrected chi connectivity index (χ0v) is 11.2. The van der Waals surface area contributed by atoms with E-state index in [1.165, 1.54) is 0 Å². The van der Waals surface area contributed by atoms with E-state index in [9.17, 15) is 4.79 Å². The van der Waals surface area contributed by atoms with Gasteiger partial charge in [-0.1, -0.05) is 36.4 Å². The summed E-state index contributed by atoms with van der Waals surface area (Å²) in [5.74, 6) is 0.126. The molecule has 3 heteroatoms. The quantitative estimate of drug-likeness (QED) is 0.662. The minimum Gasteiger partial charge on any atom is -0.354 e. The van der Waals surface area contributed by atoms with Gasteiger partial charge in [0.2, 0.25) is 5.91 Å². The molecule has 0 saturated carbocycles. The van der Waals surface area contributed by atoms with Crippen molar-refractivity contribution in [2.75, 3.05) is 11.9 Å². The maximum atomic E-state index is 12.4. The van der Waals surface area contributed by atoms with Crippen LogP contribution in [0.4, 0.5) is 5.69 Å². The monoisotopic (exact) mass is 262 g/mol. The molecule has 0 atom stereocenters. The van der Waals surface area contributed by atoms with Crippen molar-refractivity contribution in [3.05, 3.63) is 54.1 Å². The summed E-state index contributed by atoms with van der Waals surface area (Å²) in [5, 5.41) is 1.14. The van der Waals surface area contributed by atoms with E-state index in [1.54, 1.807) is 4.90 Å². The number of amides is 1. The van der Waals surface area contributed by atoms with E-state index in [1.807, 2.05) is 37.4 Å². The Morgan fingerprint density at radius 3 is 2.70 bits per heavy atom. The number of hydrogen-bond acceptors (Lipinski definition) is 1. The molecule has 98 valence electrons. The molecule has 0 spiro atoms. The molecule has 0 radical (unpaired) electrons. The highest BCUT2D eigenvalue weighted by Gasteiger charge is 2.25. The van der Waals surface area contributed by atoms with Crippen molar-refractivity contribution in [3.8, 4) is 11.3 Å². The number of benzene rings is 2. The highest BCUT2D eigenvalue weighted by atomic mass is 16.2. The summed E-state index contributed by atoms with van der Waals surface area (Å²) in [6.07, 6.45) is 0.435. The third kappa shape index (κ3) is 1.43. The van der Waals surface area contributed by atoms with Crippen molar-refractivity contribution in [2.24, 2.45) is 0 Å². The summed E-state index contributed by atoms with van der Waals surface area (Å²) < 4.78 is 0. The van der Waals surface area contributed by atoms with Crippen LogP contribution in [-0.4, -0.2) is 17.9 Å². The minimum absolute atomic E-state index is 0.126. The first-order valence-electron chi connectivity index (χ1n) is 6.71. The predicted molar refractivity (Wildman–Crippen MR) is 80.8 cm³/mol. The Kier molecular flexibility index (Phi) is 2.24. The summed E-state index contributed by atoms with van der Waals surface area (Å²) in [7, 11) is 1.84. The van der Waals surface area contributed by atoms with E-state index in [0.29, 0.717) is 6.42 Å². The second-order valence-electron chi connectivity index (χ2n) is 5.17. The van der Waals surface area contributed by atoms with Crippen LogP contribution in [0.5, 0.6) is 0 Å². The number of anilines is 1. The molecule has 0 unspecified atom stereocenters. The average molecular weight is 262 g/mol. The van der Waals surface area contributed by atoms with Gasteiger partial charge in [0.15, 0.2) is 0 Å². The number of aromatic amines is 1. The van der Waals surface area contributed by atoms with Crippen molar-refractivity contribution in [1.82, 2.24) is 4.98 Å². The number of para-hydroxylation sites is 2. The third-order valence-corrected chi connectivity index (χ3v) is 4.05. The third-order valence-electron chi connectivity index (χ3n) is 4.05. The normalized spacial score (nSPS) is 14.1. The van der Waals surface area contributed by atoms with Crippen molar-refractivity contribution < 1.29 is 4.79 Å². The number of fused-ring (bicyclic) bond motifs is 5. The van der Waals surface area contributed by atoms with Crippen molar-refractivity contribution in [3.63, 3.8) is 0 Å². The van der Waals surface area contributed by atoms with Crippen LogP contribution >= 0.6 is 0 Å². The van der Waals surface area contributed by atoms with Gasteiger partial charge in [-0.2, -0.15) is 0 Å². The molecule has 3 nitrogen and oxygen atoms in total. The first-order chi connectivity index (χ1) is 9.75. The molecule has 1 aliphatic heterocycles. The van der Waals surface area contributed by atoms with Crippen LogP contribution in [0.15, 0.2) is 48.5 Å². The molecule has 4 rings (SSSR count). The molecule has 0 aliphatic carbocycles. The van der Waals surface area contributed by atoms with Gasteiger partial charge in [0, 0.05) is 23.5 Å². The van der Waals surface area contributed by atoms with Crippen LogP contribution < -0.4 is 4.90 Å². The molecule has 0 bridgehead atoms. The molecule has 0 fully saturated rings. The summed E-state index contributed by atoms with van der Waals surface area (Å²) in [4.78, 5) is 17.6. The number of hydrogen-bond donors (Lipinski definition) is 1. The maximum Gasteiger partial charge on any atom is 0.231 e. The zero-order chi connectivity index (χ0) is 13.7. The molecule has 1 aromatic heterocycles. The van der Waals surface area contributed by atoms with Gasteiger partial charge in [0.25, 0.3) is 0 Å². The number of H-pyrrole nitrogens is 1. The standard InChI is InChI=1S/C17H14N2O/c1-19-15-9-5-3-7-12(15)17-13(10-16(19)20)11-6-2-4-8-14(11)18-17/h2-9,18H,10H2,1H3. The fraction of sp³-hybridized carbons (Fsp3) is 0.118. The number of aromatic nitrogens is 1. The molecule has 20 heavy (non-hydrogen) atoms. The van der Waals surface area contributed by atoms with Gasteiger partial charge in [-0.05, 0) is 17.7 Å². The highest BCUT2D eigenvalue weighted by Crippen LogP contribution is 2.38. The zero-order valence-electron chi connectivity index (χ0n) is 11.2. The molecule has 1 N–H and O–H groups in total. The van der Waals surface area contributed by atoms with Gasteiger partial charge in [-0.15, -0.1) is 0 Å². The number of carbonyl (C=O) groups is 1. The number of rotatable bonds is 0. The van der Waals surface area contributed by atoms with E-state index in [0.717, 1.165) is 33.4 Å². The lowest BCUT2D eigenvalue weighted by Gasteiger charge is -2.17. The molecule has 1 aliphatic rings. The Hall–Kier alpha value is -2.55. The highest BCUT2D eigenvalue weighted by molar-refractivity contribution is 6.06. The molecule has 3 aromatic rings. The Bertz CT molecular complexity index is 832.